The van der Waals surface area contributed by atoms with E-state index in [-0.39, 0.29) is 0 Å². The number of aromatic nitrogens is 4. The summed E-state index contributed by atoms with van der Waals surface area (Å²) in [6.45, 7) is 1.30. The van der Waals surface area contributed by atoms with E-state index in [4.69, 9.17) is 4.74 Å². The predicted octanol–water partition coefficient (Wildman–Crippen LogP) is 0.453. The number of ether oxygens (including phenoxy) is 1. The Hall–Kier alpha value is -1.89. The quantitative estimate of drug-likeness (QED) is 0.637. The van der Waals surface area contributed by atoms with E-state index in [0.29, 0.717) is 24.7 Å². The first kappa shape index (κ1) is 10.6. The zero-order chi connectivity index (χ0) is 11.4. The number of hydrogen-bond acceptors (Lipinski definition) is 6. The van der Waals surface area contributed by atoms with Crippen molar-refractivity contribution in [2.75, 3.05) is 37.9 Å². The summed E-state index contributed by atoms with van der Waals surface area (Å²) in [5.41, 5.74) is 1.44. The third-order valence-corrected chi connectivity index (χ3v) is 2.11. The Kier molecular flexibility index (Phi) is 3.16. The lowest BCUT2D eigenvalue weighted by atomic mass is 10.5. The van der Waals surface area contributed by atoms with Crippen LogP contribution < -0.4 is 10.6 Å². The Morgan fingerprint density at radius 3 is 3.06 bits per heavy atom. The molecule has 0 unspecified atom stereocenters. The number of imidazole rings is 1. The van der Waals surface area contributed by atoms with Crippen molar-refractivity contribution in [3.63, 3.8) is 0 Å². The van der Waals surface area contributed by atoms with Crippen molar-refractivity contribution in [3.8, 4) is 0 Å². The molecule has 2 aromatic heterocycles. The average Bonchev–Trinajstić information content (AvgIpc) is 2.77. The number of nitrogens with one attached hydrogen (secondary N) is 3. The topological polar surface area (TPSA) is 87.8 Å². The molecule has 16 heavy (non-hydrogen) atoms. The van der Waals surface area contributed by atoms with E-state index in [0.717, 1.165) is 11.3 Å². The number of H-pyrrole nitrogens is 1. The minimum atomic E-state index is 0.541. The predicted molar refractivity (Wildman–Crippen MR) is 61.6 cm³/mol. The van der Waals surface area contributed by atoms with Gasteiger partial charge < -0.3 is 20.4 Å². The molecule has 2 heterocycles. The molecular formula is C9H14N6O. The summed E-state index contributed by atoms with van der Waals surface area (Å²) in [5, 5.41) is 6.05. The van der Waals surface area contributed by atoms with E-state index >= 15 is 0 Å². The Morgan fingerprint density at radius 1 is 1.44 bits per heavy atom. The lowest BCUT2D eigenvalue weighted by Gasteiger charge is -2.07. The van der Waals surface area contributed by atoms with E-state index in [1.807, 2.05) is 0 Å². The van der Waals surface area contributed by atoms with Gasteiger partial charge in [0.1, 0.15) is 5.52 Å². The van der Waals surface area contributed by atoms with Gasteiger partial charge in [0.25, 0.3) is 0 Å². The number of anilines is 2. The fourth-order valence-corrected chi connectivity index (χ4v) is 1.34. The molecule has 7 nitrogen and oxygen atoms in total. The van der Waals surface area contributed by atoms with Gasteiger partial charge in [-0.25, -0.2) is 4.98 Å². The van der Waals surface area contributed by atoms with Crippen molar-refractivity contribution in [1.82, 2.24) is 19.9 Å². The zero-order valence-corrected chi connectivity index (χ0v) is 9.24. The van der Waals surface area contributed by atoms with Crippen LogP contribution in [-0.4, -0.2) is 47.2 Å². The van der Waals surface area contributed by atoms with E-state index in [1.165, 1.54) is 0 Å². The number of aromatic amines is 1. The number of fused-ring (bicyclic) bond motifs is 1. The second kappa shape index (κ2) is 4.75. The first-order valence-electron chi connectivity index (χ1n) is 4.97. The molecule has 0 aliphatic carbocycles. The summed E-state index contributed by atoms with van der Waals surface area (Å²) in [7, 11) is 3.43. The molecule has 0 saturated carbocycles. The SMILES string of the molecule is CNc1nc(NCCOC)c2[nH]cnc2n1. The molecule has 0 fully saturated rings. The van der Waals surface area contributed by atoms with Crippen molar-refractivity contribution >= 4 is 22.9 Å². The lowest BCUT2D eigenvalue weighted by Crippen LogP contribution is -2.10. The summed E-state index contributed by atoms with van der Waals surface area (Å²) in [4.78, 5) is 15.6. The monoisotopic (exact) mass is 222 g/mol. The van der Waals surface area contributed by atoms with Crippen molar-refractivity contribution < 1.29 is 4.74 Å². The van der Waals surface area contributed by atoms with Gasteiger partial charge in [-0.2, -0.15) is 9.97 Å². The Labute approximate surface area is 92.7 Å². The third kappa shape index (κ3) is 2.03. The first-order chi connectivity index (χ1) is 7.85. The van der Waals surface area contributed by atoms with Gasteiger partial charge >= 0.3 is 0 Å². The highest BCUT2D eigenvalue weighted by atomic mass is 16.5. The van der Waals surface area contributed by atoms with Crippen molar-refractivity contribution in [2.24, 2.45) is 0 Å². The molecule has 2 aromatic rings. The molecule has 0 atom stereocenters. The van der Waals surface area contributed by atoms with Crippen LogP contribution in [0.15, 0.2) is 6.33 Å². The van der Waals surface area contributed by atoms with Crippen LogP contribution in [0.25, 0.3) is 11.2 Å². The molecule has 0 aromatic carbocycles. The normalized spacial score (nSPS) is 10.6. The van der Waals surface area contributed by atoms with Crippen molar-refractivity contribution in [3.05, 3.63) is 6.33 Å². The minimum Gasteiger partial charge on any atom is -0.383 e. The number of hydrogen-bond donors (Lipinski definition) is 3. The molecule has 0 spiro atoms. The first-order valence-corrected chi connectivity index (χ1v) is 4.97. The molecule has 7 heteroatoms. The van der Waals surface area contributed by atoms with Crippen LogP contribution in [0.5, 0.6) is 0 Å². The third-order valence-electron chi connectivity index (χ3n) is 2.11. The maximum Gasteiger partial charge on any atom is 0.226 e. The fourth-order valence-electron chi connectivity index (χ4n) is 1.34. The van der Waals surface area contributed by atoms with Gasteiger partial charge in [-0.05, 0) is 0 Å². The van der Waals surface area contributed by atoms with Gasteiger partial charge in [0, 0.05) is 20.7 Å². The highest BCUT2D eigenvalue weighted by Gasteiger charge is 2.08. The van der Waals surface area contributed by atoms with E-state index in [9.17, 15) is 0 Å². The van der Waals surface area contributed by atoms with Crippen LogP contribution >= 0.6 is 0 Å². The summed E-state index contributed by atoms with van der Waals surface area (Å²) in [6, 6.07) is 0. The lowest BCUT2D eigenvalue weighted by molar-refractivity contribution is 0.210. The van der Waals surface area contributed by atoms with Crippen molar-refractivity contribution in [2.45, 2.75) is 0 Å². The molecule has 86 valence electrons. The summed E-state index contributed by atoms with van der Waals surface area (Å²) < 4.78 is 4.97. The average molecular weight is 222 g/mol. The van der Waals surface area contributed by atoms with Gasteiger partial charge in [0.2, 0.25) is 5.95 Å². The molecule has 0 saturated heterocycles. The summed E-state index contributed by atoms with van der Waals surface area (Å²) in [6.07, 6.45) is 1.60. The maximum absolute atomic E-state index is 4.97. The van der Waals surface area contributed by atoms with Gasteiger partial charge in [-0.3, -0.25) is 0 Å². The standard InChI is InChI=1S/C9H14N6O/c1-10-9-14-7(11-3-4-16-2)6-8(15-9)13-5-12-6/h5H,3-4H2,1-2H3,(H3,10,11,12,13,14,15). The Balaban J connectivity index is 2.29. The van der Waals surface area contributed by atoms with E-state index < -0.39 is 0 Å². The molecule has 2 rings (SSSR count). The molecular weight excluding hydrogens is 208 g/mol. The van der Waals surface area contributed by atoms with E-state index in [2.05, 4.69) is 30.6 Å². The van der Waals surface area contributed by atoms with Crippen molar-refractivity contribution in [1.29, 1.82) is 0 Å². The van der Waals surface area contributed by atoms with Crippen LogP contribution in [0.3, 0.4) is 0 Å². The van der Waals surface area contributed by atoms with Crippen LogP contribution in [0.2, 0.25) is 0 Å². The smallest absolute Gasteiger partial charge is 0.226 e. The molecule has 0 amide bonds. The van der Waals surface area contributed by atoms with Crippen LogP contribution in [0, 0.1) is 0 Å². The van der Waals surface area contributed by atoms with Gasteiger partial charge in [0.05, 0.1) is 12.9 Å². The molecule has 0 aliphatic rings. The molecule has 0 aliphatic heterocycles. The van der Waals surface area contributed by atoms with Crippen LogP contribution in [-0.2, 0) is 4.74 Å². The second-order valence-corrected chi connectivity index (χ2v) is 3.17. The Morgan fingerprint density at radius 2 is 2.31 bits per heavy atom. The summed E-state index contributed by atoms with van der Waals surface area (Å²) in [5.74, 6) is 1.27. The highest BCUT2D eigenvalue weighted by molar-refractivity contribution is 5.83. The number of rotatable bonds is 5. The molecule has 0 radical (unpaired) electrons. The second-order valence-electron chi connectivity index (χ2n) is 3.17. The van der Waals surface area contributed by atoms with Gasteiger partial charge in [-0.1, -0.05) is 0 Å². The summed E-state index contributed by atoms with van der Waals surface area (Å²) >= 11 is 0. The maximum atomic E-state index is 4.97. The number of nitrogens with zero attached hydrogens (tertiary/aromatic N) is 3. The van der Waals surface area contributed by atoms with Gasteiger partial charge in [0.15, 0.2) is 11.5 Å². The largest absolute Gasteiger partial charge is 0.383 e. The Bertz CT molecular complexity index is 468. The van der Waals surface area contributed by atoms with Crippen LogP contribution in [0.1, 0.15) is 0 Å². The zero-order valence-electron chi connectivity index (χ0n) is 9.24. The highest BCUT2D eigenvalue weighted by Crippen LogP contribution is 2.17. The molecule has 3 N–H and O–H groups in total. The van der Waals surface area contributed by atoms with Crippen LogP contribution in [0.4, 0.5) is 11.8 Å². The minimum absolute atomic E-state index is 0.541. The fraction of sp³-hybridized carbons (Fsp3) is 0.444. The molecule has 0 bridgehead atoms. The number of methoxy groups -OCH3 is 1. The van der Waals surface area contributed by atoms with Gasteiger partial charge in [-0.15, -0.1) is 0 Å². The van der Waals surface area contributed by atoms with E-state index in [1.54, 1.807) is 20.5 Å².